The molecule has 0 bridgehead atoms. The third-order valence-electron chi connectivity index (χ3n) is 4.87. The average Bonchev–Trinajstić information content (AvgIpc) is 3.49. The van der Waals surface area contributed by atoms with Crippen molar-refractivity contribution in [3.8, 4) is 11.5 Å². The van der Waals surface area contributed by atoms with Gasteiger partial charge in [0.1, 0.15) is 35.9 Å². The highest BCUT2D eigenvalue weighted by Gasteiger charge is 2.38. The smallest absolute Gasteiger partial charge is 0.342 e. The van der Waals surface area contributed by atoms with Crippen molar-refractivity contribution in [2.75, 3.05) is 19.8 Å². The fourth-order valence-corrected chi connectivity index (χ4v) is 3.48. The number of allylic oxidation sites excluding steroid dienone is 3. The number of hydrogen-bond donors (Lipinski definition) is 3. The molecule has 178 valence electrons. The number of amides is 1. The van der Waals surface area contributed by atoms with Crippen molar-refractivity contribution in [2.45, 2.75) is 38.1 Å². The van der Waals surface area contributed by atoms with Crippen LogP contribution in [0.25, 0.3) is 0 Å². The number of nitrogens with one attached hydrogen (secondary N) is 1. The number of esters is 1. The number of phenolic OH excluding ortho intramolecular Hbond substituents is 2. The summed E-state index contributed by atoms with van der Waals surface area (Å²) in [6.07, 6.45) is 6.41. The Morgan fingerprint density at radius 3 is 2.91 bits per heavy atom. The van der Waals surface area contributed by atoms with Crippen LogP contribution >= 0.6 is 11.6 Å². The summed E-state index contributed by atoms with van der Waals surface area (Å²) in [5.74, 6) is -2.33. The minimum absolute atomic E-state index is 0.0711. The molecule has 0 aliphatic carbocycles. The Bertz CT molecular complexity index is 995. The van der Waals surface area contributed by atoms with Crippen LogP contribution < -0.4 is 5.32 Å². The summed E-state index contributed by atoms with van der Waals surface area (Å²) >= 11 is 6.25. The number of aromatic hydroxyl groups is 2. The zero-order valence-corrected chi connectivity index (χ0v) is 18.5. The van der Waals surface area contributed by atoms with Crippen LogP contribution in [0.3, 0.4) is 0 Å². The summed E-state index contributed by atoms with van der Waals surface area (Å²) in [5, 5.41) is 26.5. The second-order valence-corrected chi connectivity index (χ2v) is 7.87. The number of cyclic esters (lactones) is 1. The minimum Gasteiger partial charge on any atom is -0.507 e. The fourth-order valence-electron chi connectivity index (χ4n) is 3.26. The van der Waals surface area contributed by atoms with Gasteiger partial charge >= 0.3 is 5.97 Å². The number of hydrogen-bond acceptors (Lipinski definition) is 8. The standard InChI is InChI=1S/C22H24ClFN2O7/c1-12-8-18-17(33-18)5-3-2-4-13(26-31-11-19(29)25-7-6-24)9-14-20(22(30)32-12)15(27)10-16(28)21(14)23/h2-5,10,12,17-18,27-28H,6-9,11H2,1H3,(H,25,29)/b4-2+,5-3-,26-13+/t12-,17-,18-/m1/s1. The van der Waals surface area contributed by atoms with E-state index in [0.717, 1.165) is 6.07 Å². The van der Waals surface area contributed by atoms with Crippen molar-refractivity contribution in [3.05, 3.63) is 46.5 Å². The van der Waals surface area contributed by atoms with Crippen LogP contribution in [0.4, 0.5) is 4.39 Å². The van der Waals surface area contributed by atoms with Crippen LogP contribution in [-0.2, 0) is 25.5 Å². The third-order valence-corrected chi connectivity index (χ3v) is 5.29. The lowest BCUT2D eigenvalue weighted by Crippen LogP contribution is -2.28. The van der Waals surface area contributed by atoms with Gasteiger partial charge in [0.05, 0.1) is 16.8 Å². The highest BCUT2D eigenvalue weighted by molar-refractivity contribution is 6.33. The molecule has 33 heavy (non-hydrogen) atoms. The molecule has 1 saturated heterocycles. The van der Waals surface area contributed by atoms with E-state index in [0.29, 0.717) is 6.42 Å². The Kier molecular flexibility index (Phi) is 8.29. The highest BCUT2D eigenvalue weighted by Crippen LogP contribution is 2.38. The number of fused-ring (bicyclic) bond motifs is 2. The normalized spacial score (nSPS) is 25.7. The van der Waals surface area contributed by atoms with Gasteiger partial charge < -0.3 is 29.8 Å². The van der Waals surface area contributed by atoms with E-state index in [1.807, 2.05) is 6.08 Å². The van der Waals surface area contributed by atoms with Gasteiger partial charge in [0.25, 0.3) is 5.91 Å². The molecule has 1 amide bonds. The summed E-state index contributed by atoms with van der Waals surface area (Å²) in [7, 11) is 0. The molecule has 11 heteroatoms. The molecule has 3 atom stereocenters. The molecule has 9 nitrogen and oxygen atoms in total. The number of phenols is 2. The van der Waals surface area contributed by atoms with E-state index in [4.69, 9.17) is 25.9 Å². The summed E-state index contributed by atoms with van der Waals surface area (Å²) in [5.41, 5.74) is 0.0754. The first kappa shape index (κ1) is 24.5. The summed E-state index contributed by atoms with van der Waals surface area (Å²) in [4.78, 5) is 29.5. The molecule has 2 heterocycles. The van der Waals surface area contributed by atoms with Gasteiger partial charge in [0.2, 0.25) is 0 Å². The maximum atomic E-state index is 12.9. The number of oxime groups is 1. The largest absolute Gasteiger partial charge is 0.507 e. The maximum absolute atomic E-state index is 12.9. The molecule has 1 fully saturated rings. The van der Waals surface area contributed by atoms with E-state index in [1.54, 1.807) is 25.2 Å². The van der Waals surface area contributed by atoms with E-state index in [-0.39, 0.29) is 47.0 Å². The van der Waals surface area contributed by atoms with Gasteiger partial charge in [0, 0.05) is 25.5 Å². The van der Waals surface area contributed by atoms with Crippen molar-refractivity contribution in [1.82, 2.24) is 5.32 Å². The molecule has 1 aromatic rings. The Morgan fingerprint density at radius 1 is 1.36 bits per heavy atom. The summed E-state index contributed by atoms with van der Waals surface area (Å²) in [6.45, 7) is 0.392. The predicted octanol–water partition coefficient (Wildman–Crippen LogP) is 2.58. The molecule has 0 saturated carbocycles. The maximum Gasteiger partial charge on any atom is 0.342 e. The lowest BCUT2D eigenvalue weighted by Gasteiger charge is -2.17. The van der Waals surface area contributed by atoms with Crippen LogP contribution in [0, 0.1) is 0 Å². The third kappa shape index (κ3) is 6.69. The van der Waals surface area contributed by atoms with Crippen LogP contribution in [0.2, 0.25) is 5.02 Å². The summed E-state index contributed by atoms with van der Waals surface area (Å²) in [6, 6.07) is 0.956. The molecule has 0 unspecified atom stereocenters. The molecular formula is C22H24ClFN2O7. The molecule has 0 spiro atoms. The van der Waals surface area contributed by atoms with Gasteiger partial charge in [-0.3, -0.25) is 4.79 Å². The molecule has 0 radical (unpaired) electrons. The van der Waals surface area contributed by atoms with Gasteiger partial charge in [0.15, 0.2) is 6.61 Å². The number of benzene rings is 1. The van der Waals surface area contributed by atoms with Crippen molar-refractivity contribution >= 4 is 29.2 Å². The van der Waals surface area contributed by atoms with Crippen molar-refractivity contribution < 1.29 is 38.5 Å². The van der Waals surface area contributed by atoms with Gasteiger partial charge in [-0.2, -0.15) is 0 Å². The quantitative estimate of drug-likeness (QED) is 0.334. The Hall–Kier alpha value is -3.11. The molecule has 0 aromatic heterocycles. The molecule has 3 rings (SSSR count). The topological polar surface area (TPSA) is 130 Å². The number of rotatable bonds is 5. The van der Waals surface area contributed by atoms with Crippen molar-refractivity contribution in [1.29, 1.82) is 0 Å². The lowest BCUT2D eigenvalue weighted by atomic mass is 9.99. The van der Waals surface area contributed by atoms with Crippen LogP contribution in [0.5, 0.6) is 11.5 Å². The molecule has 2 aliphatic rings. The van der Waals surface area contributed by atoms with Crippen LogP contribution in [0.15, 0.2) is 35.5 Å². The highest BCUT2D eigenvalue weighted by atomic mass is 35.5. The number of nitrogens with zero attached hydrogens (tertiary/aromatic N) is 1. The number of epoxide rings is 1. The van der Waals surface area contributed by atoms with Crippen molar-refractivity contribution in [2.24, 2.45) is 5.16 Å². The van der Waals surface area contributed by atoms with Crippen LogP contribution in [0.1, 0.15) is 29.3 Å². The fraction of sp³-hybridized carbons (Fsp3) is 0.409. The number of ether oxygens (including phenoxy) is 2. The molecule has 3 N–H and O–H groups in total. The second-order valence-electron chi connectivity index (χ2n) is 7.49. The second kappa shape index (κ2) is 11.2. The average molecular weight is 483 g/mol. The Morgan fingerprint density at radius 2 is 2.15 bits per heavy atom. The zero-order chi connectivity index (χ0) is 24.0. The van der Waals surface area contributed by atoms with Gasteiger partial charge in [-0.25, -0.2) is 9.18 Å². The molecular weight excluding hydrogens is 459 g/mol. The predicted molar refractivity (Wildman–Crippen MR) is 117 cm³/mol. The van der Waals surface area contributed by atoms with Gasteiger partial charge in [-0.1, -0.05) is 35.0 Å². The van der Waals surface area contributed by atoms with E-state index in [2.05, 4.69) is 10.5 Å². The first-order chi connectivity index (χ1) is 15.8. The van der Waals surface area contributed by atoms with E-state index in [1.165, 1.54) is 0 Å². The zero-order valence-electron chi connectivity index (χ0n) is 17.8. The van der Waals surface area contributed by atoms with Gasteiger partial charge in [-0.05, 0) is 18.6 Å². The van der Waals surface area contributed by atoms with Gasteiger partial charge in [-0.15, -0.1) is 0 Å². The SMILES string of the molecule is C[C@@H]1C[C@H]2O[C@@H]2\C=C/C=C/C(=N\OCC(=O)NCCF)Cc2c(Cl)c(O)cc(O)c2C(=O)O1. The lowest BCUT2D eigenvalue weighted by molar-refractivity contribution is -0.125. The Balaban J connectivity index is 1.93. The first-order valence-electron chi connectivity index (χ1n) is 10.3. The van der Waals surface area contributed by atoms with E-state index >= 15 is 0 Å². The number of halogens is 2. The number of alkyl halides is 1. The molecule has 1 aromatic carbocycles. The monoisotopic (exact) mass is 482 g/mol. The number of carbonyl (C=O) groups is 2. The van der Waals surface area contributed by atoms with Crippen molar-refractivity contribution in [3.63, 3.8) is 0 Å². The Labute approximate surface area is 194 Å². The summed E-state index contributed by atoms with van der Waals surface area (Å²) < 4.78 is 23.2. The first-order valence-corrected chi connectivity index (χ1v) is 10.6. The number of carbonyl (C=O) groups excluding carboxylic acids is 2. The van der Waals surface area contributed by atoms with Crippen LogP contribution in [-0.4, -0.2) is 65.9 Å². The van der Waals surface area contributed by atoms with E-state index < -0.39 is 42.8 Å². The minimum atomic E-state index is -0.823. The van der Waals surface area contributed by atoms with E-state index in [9.17, 15) is 24.2 Å². The molecule has 2 aliphatic heterocycles.